The van der Waals surface area contributed by atoms with Crippen molar-refractivity contribution in [3.05, 3.63) is 22.2 Å². The summed E-state index contributed by atoms with van der Waals surface area (Å²) in [5, 5.41) is 1.03. The molecule has 3 rings (SSSR count). The van der Waals surface area contributed by atoms with Crippen LogP contribution in [0, 0.1) is 0 Å². The zero-order chi connectivity index (χ0) is 11.7. The van der Waals surface area contributed by atoms with Crippen molar-refractivity contribution in [2.24, 2.45) is 0 Å². The number of aromatic nitrogens is 2. The average molecular weight is 271 g/mol. The summed E-state index contributed by atoms with van der Waals surface area (Å²) < 4.78 is 5.39. The van der Waals surface area contributed by atoms with Crippen LogP contribution in [-0.2, 0) is 17.8 Å². The minimum absolute atomic E-state index is 0.439. The highest BCUT2D eigenvalue weighted by atomic mass is 35.5. The lowest BCUT2D eigenvalue weighted by Crippen LogP contribution is -2.16. The van der Waals surface area contributed by atoms with Gasteiger partial charge in [0, 0.05) is 12.0 Å². The Bertz CT molecular complexity index is 421. The molecular weight excluding hydrogens is 256 g/mol. The van der Waals surface area contributed by atoms with Crippen molar-refractivity contribution < 1.29 is 4.74 Å². The summed E-state index contributed by atoms with van der Waals surface area (Å²) in [7, 11) is 0. The van der Waals surface area contributed by atoms with Crippen LogP contribution < -0.4 is 0 Å². The van der Waals surface area contributed by atoms with Crippen LogP contribution in [0.5, 0.6) is 0 Å². The third-order valence-electron chi connectivity index (χ3n) is 3.26. The van der Waals surface area contributed by atoms with Gasteiger partial charge in [0.25, 0.3) is 0 Å². The molecule has 1 aromatic rings. The Morgan fingerprint density at radius 3 is 3.06 bits per heavy atom. The van der Waals surface area contributed by atoms with E-state index in [1.165, 1.54) is 25.0 Å². The van der Waals surface area contributed by atoms with E-state index in [1.807, 2.05) is 11.8 Å². The molecule has 2 aliphatic heterocycles. The standard InChI is InChI=1S/C12H15ClN2OS/c13-11-8-7-16-5-4-9(8)14-12(15-11)10-3-1-2-6-17-10/h10H,1-7H2. The average Bonchev–Trinajstić information content (AvgIpc) is 2.40. The number of fused-ring (bicyclic) bond motifs is 1. The van der Waals surface area contributed by atoms with E-state index in [-0.39, 0.29) is 0 Å². The second-order valence-electron chi connectivity index (χ2n) is 4.46. The maximum Gasteiger partial charge on any atom is 0.143 e. The predicted octanol–water partition coefficient (Wildman–Crippen LogP) is 3.16. The van der Waals surface area contributed by atoms with E-state index in [2.05, 4.69) is 4.98 Å². The molecule has 1 aromatic heterocycles. The lowest BCUT2D eigenvalue weighted by Gasteiger charge is -2.23. The van der Waals surface area contributed by atoms with Gasteiger partial charge in [-0.15, -0.1) is 0 Å². The Morgan fingerprint density at radius 2 is 2.24 bits per heavy atom. The Balaban J connectivity index is 1.92. The normalized spacial score (nSPS) is 24.4. The smallest absolute Gasteiger partial charge is 0.143 e. The molecule has 0 amide bonds. The fourth-order valence-electron chi connectivity index (χ4n) is 2.30. The SMILES string of the molecule is Clc1nc(C2CCCCS2)nc2c1COCC2. The molecule has 0 aromatic carbocycles. The highest BCUT2D eigenvalue weighted by Gasteiger charge is 2.23. The van der Waals surface area contributed by atoms with Crippen LogP contribution in [0.4, 0.5) is 0 Å². The van der Waals surface area contributed by atoms with Crippen molar-refractivity contribution in [2.45, 2.75) is 37.5 Å². The van der Waals surface area contributed by atoms with Crippen molar-refractivity contribution in [1.29, 1.82) is 0 Å². The van der Waals surface area contributed by atoms with E-state index in [0.717, 1.165) is 30.1 Å². The lowest BCUT2D eigenvalue weighted by atomic mass is 10.1. The van der Waals surface area contributed by atoms with Crippen molar-refractivity contribution in [1.82, 2.24) is 9.97 Å². The third-order valence-corrected chi connectivity index (χ3v) is 4.94. The molecule has 17 heavy (non-hydrogen) atoms. The predicted molar refractivity (Wildman–Crippen MR) is 69.5 cm³/mol. The van der Waals surface area contributed by atoms with E-state index in [4.69, 9.17) is 21.3 Å². The molecule has 3 heterocycles. The van der Waals surface area contributed by atoms with Crippen LogP contribution in [0.3, 0.4) is 0 Å². The minimum atomic E-state index is 0.439. The molecule has 0 spiro atoms. The zero-order valence-electron chi connectivity index (χ0n) is 9.62. The van der Waals surface area contributed by atoms with Crippen LogP contribution in [0.15, 0.2) is 0 Å². The highest BCUT2D eigenvalue weighted by Crippen LogP contribution is 2.37. The molecule has 1 fully saturated rings. The molecule has 0 N–H and O–H groups in total. The third kappa shape index (κ3) is 2.44. The van der Waals surface area contributed by atoms with Gasteiger partial charge in [0.1, 0.15) is 11.0 Å². The molecule has 2 aliphatic rings. The van der Waals surface area contributed by atoms with Gasteiger partial charge in [-0.05, 0) is 18.6 Å². The van der Waals surface area contributed by atoms with Gasteiger partial charge >= 0.3 is 0 Å². The quantitative estimate of drug-likeness (QED) is 0.735. The second kappa shape index (κ2) is 5.12. The number of rotatable bonds is 1. The first-order valence-corrected chi connectivity index (χ1v) is 7.52. The van der Waals surface area contributed by atoms with Crippen molar-refractivity contribution in [2.75, 3.05) is 12.4 Å². The van der Waals surface area contributed by atoms with Gasteiger partial charge in [-0.25, -0.2) is 9.97 Å². The van der Waals surface area contributed by atoms with Crippen LogP contribution in [0.25, 0.3) is 0 Å². The van der Waals surface area contributed by atoms with Gasteiger partial charge in [0.2, 0.25) is 0 Å². The highest BCUT2D eigenvalue weighted by molar-refractivity contribution is 7.99. The maximum absolute atomic E-state index is 6.23. The van der Waals surface area contributed by atoms with Gasteiger partial charge in [-0.3, -0.25) is 0 Å². The summed E-state index contributed by atoms with van der Waals surface area (Å²) in [6.07, 6.45) is 4.63. The fraction of sp³-hybridized carbons (Fsp3) is 0.667. The Hall–Kier alpha value is -0.320. The molecule has 92 valence electrons. The first-order chi connectivity index (χ1) is 8.34. The van der Waals surface area contributed by atoms with E-state index < -0.39 is 0 Å². The van der Waals surface area contributed by atoms with Gasteiger partial charge in [0.05, 0.1) is 24.2 Å². The molecule has 1 unspecified atom stereocenters. The molecule has 3 nitrogen and oxygen atoms in total. The van der Waals surface area contributed by atoms with Crippen molar-refractivity contribution >= 4 is 23.4 Å². The fourth-order valence-corrected chi connectivity index (χ4v) is 3.79. The van der Waals surface area contributed by atoms with Gasteiger partial charge < -0.3 is 4.74 Å². The summed E-state index contributed by atoms with van der Waals surface area (Å²) in [6, 6.07) is 0. The maximum atomic E-state index is 6.23. The lowest BCUT2D eigenvalue weighted by molar-refractivity contribution is 0.108. The Kier molecular flexibility index (Phi) is 3.54. The summed E-state index contributed by atoms with van der Waals surface area (Å²) in [5.74, 6) is 2.15. The Morgan fingerprint density at radius 1 is 1.29 bits per heavy atom. The van der Waals surface area contributed by atoms with E-state index in [0.29, 0.717) is 17.0 Å². The number of ether oxygens (including phenoxy) is 1. The number of hydrogen-bond donors (Lipinski definition) is 0. The largest absolute Gasteiger partial charge is 0.376 e. The van der Waals surface area contributed by atoms with Gasteiger partial charge in [0.15, 0.2) is 0 Å². The van der Waals surface area contributed by atoms with Crippen molar-refractivity contribution in [3.8, 4) is 0 Å². The monoisotopic (exact) mass is 270 g/mol. The van der Waals surface area contributed by atoms with Crippen molar-refractivity contribution in [3.63, 3.8) is 0 Å². The van der Waals surface area contributed by atoms with Crippen LogP contribution in [0.2, 0.25) is 5.15 Å². The van der Waals surface area contributed by atoms with Crippen LogP contribution in [0.1, 0.15) is 41.6 Å². The van der Waals surface area contributed by atoms with E-state index in [9.17, 15) is 0 Å². The zero-order valence-corrected chi connectivity index (χ0v) is 11.2. The molecule has 1 atom stereocenters. The number of hydrogen-bond acceptors (Lipinski definition) is 4. The van der Waals surface area contributed by atoms with Gasteiger partial charge in [-0.2, -0.15) is 11.8 Å². The number of halogens is 1. The minimum Gasteiger partial charge on any atom is -0.376 e. The first-order valence-electron chi connectivity index (χ1n) is 6.09. The van der Waals surface area contributed by atoms with Crippen LogP contribution >= 0.6 is 23.4 Å². The van der Waals surface area contributed by atoms with E-state index in [1.54, 1.807) is 0 Å². The van der Waals surface area contributed by atoms with Crippen LogP contribution in [-0.4, -0.2) is 22.3 Å². The summed E-state index contributed by atoms with van der Waals surface area (Å²) in [4.78, 5) is 9.17. The number of thioether (sulfide) groups is 1. The molecule has 1 saturated heterocycles. The summed E-state index contributed by atoms with van der Waals surface area (Å²) >= 11 is 8.19. The topological polar surface area (TPSA) is 35.0 Å². The molecular formula is C12H15ClN2OS. The summed E-state index contributed by atoms with van der Waals surface area (Å²) in [6.45, 7) is 1.31. The van der Waals surface area contributed by atoms with Gasteiger partial charge in [-0.1, -0.05) is 18.0 Å². The molecule has 0 aliphatic carbocycles. The Labute approximate surface area is 110 Å². The first kappa shape index (κ1) is 11.8. The molecule has 5 heteroatoms. The molecule has 0 bridgehead atoms. The number of nitrogens with zero attached hydrogens (tertiary/aromatic N) is 2. The summed E-state index contributed by atoms with van der Waals surface area (Å²) in [5.41, 5.74) is 2.08. The second-order valence-corrected chi connectivity index (χ2v) is 6.12. The molecule has 0 radical (unpaired) electrons. The van der Waals surface area contributed by atoms with E-state index >= 15 is 0 Å². The molecule has 0 saturated carbocycles.